The Balaban J connectivity index is 1.24. The van der Waals surface area contributed by atoms with Crippen molar-refractivity contribution in [2.45, 2.75) is 78.9 Å². The predicted molar refractivity (Wildman–Crippen MR) is 200 cm³/mol. The lowest BCUT2D eigenvalue weighted by molar-refractivity contribution is -0.168. The van der Waals surface area contributed by atoms with Crippen LogP contribution in [0.3, 0.4) is 0 Å². The third kappa shape index (κ3) is 9.30. The van der Waals surface area contributed by atoms with Crippen LogP contribution in [0.5, 0.6) is 11.5 Å². The lowest BCUT2D eigenvalue weighted by Crippen LogP contribution is -2.65. The number of likely N-dealkylation sites (tertiary alicyclic amines) is 1. The molecule has 2 aromatic heterocycles. The first-order valence-electron chi connectivity index (χ1n) is 17.2. The van der Waals surface area contributed by atoms with Gasteiger partial charge in [-0.15, -0.1) is 11.3 Å². The normalized spacial score (nSPS) is 15.9. The number of carbonyl (C=O) groups excluding carboxylic acids is 1. The molecule has 0 radical (unpaired) electrons. The molecule has 1 aliphatic heterocycles. The minimum Gasteiger partial charge on any atom is -0.493 e. The lowest BCUT2D eigenvalue weighted by atomic mass is 9.58. The van der Waals surface area contributed by atoms with Crippen LogP contribution >= 0.6 is 19.2 Å². The van der Waals surface area contributed by atoms with Crippen LogP contribution < -0.4 is 20.1 Å². The summed E-state index contributed by atoms with van der Waals surface area (Å²) in [7, 11) is -3.28. The van der Waals surface area contributed by atoms with Crippen LogP contribution in [-0.2, 0) is 20.3 Å². The number of rotatable bonds is 14. The average Bonchev–Trinajstić information content (AvgIpc) is 3.71. The number of nitrogens with zero attached hydrogens (tertiary/aromatic N) is 4. The molecule has 1 amide bonds. The van der Waals surface area contributed by atoms with Gasteiger partial charge in [-0.3, -0.25) is 14.2 Å². The van der Waals surface area contributed by atoms with Crippen molar-refractivity contribution in [3.8, 4) is 11.5 Å². The number of phosphoric acid groups is 1. The Bertz CT molecular complexity index is 1970. The number of hydrogen-bond acceptors (Lipinski definition) is 11. The number of benzene rings is 2. The number of phosphoric ester groups is 1. The van der Waals surface area contributed by atoms with Gasteiger partial charge in [0.1, 0.15) is 29.4 Å². The number of aromatic nitrogens is 3. The number of amides is 1. The number of thiazole rings is 1. The van der Waals surface area contributed by atoms with Crippen LogP contribution in [-0.4, -0.2) is 74.0 Å². The molecule has 1 aliphatic rings. The van der Waals surface area contributed by atoms with Crippen LogP contribution in [0.4, 0.5) is 25.4 Å². The molecule has 288 valence electrons. The number of carbonyl (C=O) groups is 1. The molecule has 0 bridgehead atoms. The van der Waals surface area contributed by atoms with Crippen LogP contribution in [0.15, 0.2) is 42.9 Å². The lowest BCUT2D eigenvalue weighted by Gasteiger charge is -2.57. The summed E-state index contributed by atoms with van der Waals surface area (Å²) in [6.07, 6.45) is 5.09. The Morgan fingerprint density at radius 2 is 1.79 bits per heavy atom. The van der Waals surface area contributed by atoms with Gasteiger partial charge in [0, 0.05) is 41.2 Å². The fourth-order valence-corrected chi connectivity index (χ4v) is 9.44. The molecule has 53 heavy (non-hydrogen) atoms. The first-order valence-corrected chi connectivity index (χ1v) is 19.6. The number of anilines is 3. The topological polar surface area (TPSA) is 168 Å². The third-order valence-electron chi connectivity index (χ3n) is 9.41. The smallest absolute Gasteiger partial charge is 0.470 e. The highest BCUT2D eigenvalue weighted by Crippen LogP contribution is 2.59. The summed E-state index contributed by atoms with van der Waals surface area (Å²) in [6.45, 7) is 13.6. The molecule has 13 nitrogen and oxygen atoms in total. The first-order chi connectivity index (χ1) is 24.8. The molecule has 4 N–H and O–H groups in total. The molecule has 2 aromatic carbocycles. The second kappa shape index (κ2) is 15.9. The summed E-state index contributed by atoms with van der Waals surface area (Å²) >= 11 is 1.21. The van der Waals surface area contributed by atoms with Gasteiger partial charge in [0.25, 0.3) is 0 Å². The van der Waals surface area contributed by atoms with Gasteiger partial charge in [-0.2, -0.15) is 0 Å². The highest BCUT2D eigenvalue weighted by atomic mass is 32.1. The van der Waals surface area contributed by atoms with Crippen molar-refractivity contribution in [3.63, 3.8) is 0 Å². The number of nitrogens with one attached hydrogen (secondary N) is 2. The van der Waals surface area contributed by atoms with E-state index in [1.807, 2.05) is 41.5 Å². The monoisotopic (exact) mass is 776 g/mol. The number of ether oxygens (including phenoxy) is 2. The SMILES string of the molecule is COc1cc2c(Nc3ncc(CC(=O)Nc4cc(F)ccc4F)s3)ncnc2cc1OCCCN1CCC[C@@H]1C(OP(=O)(O)O)(C(C)(C)C)C(C)(C)C. The van der Waals surface area contributed by atoms with Gasteiger partial charge in [0.15, 0.2) is 16.6 Å². The first kappa shape index (κ1) is 40.4. The Kier molecular flexibility index (Phi) is 12.1. The summed E-state index contributed by atoms with van der Waals surface area (Å²) < 4.78 is 57.5. The van der Waals surface area contributed by atoms with Crippen LogP contribution in [0.2, 0.25) is 0 Å². The van der Waals surface area contributed by atoms with Crippen LogP contribution in [0.1, 0.15) is 65.7 Å². The van der Waals surface area contributed by atoms with Crippen LogP contribution in [0.25, 0.3) is 10.9 Å². The van der Waals surface area contributed by atoms with Gasteiger partial charge >= 0.3 is 7.82 Å². The molecular weight excluding hydrogens is 729 g/mol. The largest absolute Gasteiger partial charge is 0.493 e. The molecule has 0 spiro atoms. The Morgan fingerprint density at radius 1 is 1.06 bits per heavy atom. The zero-order valence-electron chi connectivity index (χ0n) is 30.9. The maximum atomic E-state index is 14.0. The number of hydrogen-bond donors (Lipinski definition) is 4. The number of methoxy groups -OCH3 is 1. The molecule has 0 aliphatic carbocycles. The molecule has 1 fully saturated rings. The highest BCUT2D eigenvalue weighted by molar-refractivity contribution is 7.46. The van der Waals surface area contributed by atoms with Crippen molar-refractivity contribution in [2.24, 2.45) is 10.8 Å². The zero-order valence-corrected chi connectivity index (χ0v) is 32.6. The summed E-state index contributed by atoms with van der Waals surface area (Å²) in [5.41, 5.74) is -1.97. The van der Waals surface area contributed by atoms with Gasteiger partial charge in [0.2, 0.25) is 5.91 Å². The second-order valence-corrected chi connectivity index (χ2v) is 17.3. The summed E-state index contributed by atoms with van der Waals surface area (Å²) in [6, 6.07) is 6.15. The summed E-state index contributed by atoms with van der Waals surface area (Å²) in [5.74, 6) is -0.520. The molecule has 3 heterocycles. The minimum atomic E-state index is -4.82. The van der Waals surface area contributed by atoms with Crippen molar-refractivity contribution < 1.29 is 41.9 Å². The van der Waals surface area contributed by atoms with Gasteiger partial charge < -0.3 is 29.9 Å². The molecule has 0 saturated carbocycles. The second-order valence-electron chi connectivity index (χ2n) is 15.1. The molecular formula is C36H47F2N6O7PS. The molecule has 1 saturated heterocycles. The number of halogens is 2. The van der Waals surface area contributed by atoms with Gasteiger partial charge in [-0.25, -0.2) is 28.3 Å². The zero-order chi connectivity index (χ0) is 38.8. The molecule has 5 rings (SSSR count). The maximum Gasteiger partial charge on any atom is 0.470 e. The van der Waals surface area contributed by atoms with Crippen molar-refractivity contribution in [1.82, 2.24) is 19.9 Å². The van der Waals surface area contributed by atoms with Crippen molar-refractivity contribution in [2.75, 3.05) is 37.4 Å². The van der Waals surface area contributed by atoms with Crippen molar-refractivity contribution in [3.05, 3.63) is 59.4 Å². The van der Waals surface area contributed by atoms with E-state index in [9.17, 15) is 27.9 Å². The maximum absolute atomic E-state index is 14.0. The van der Waals surface area contributed by atoms with Gasteiger partial charge in [-0.1, -0.05) is 41.5 Å². The van der Waals surface area contributed by atoms with E-state index in [1.54, 1.807) is 12.1 Å². The average molecular weight is 777 g/mol. The van der Waals surface area contributed by atoms with E-state index >= 15 is 0 Å². The van der Waals surface area contributed by atoms with E-state index in [0.717, 1.165) is 37.6 Å². The Morgan fingerprint density at radius 3 is 2.47 bits per heavy atom. The van der Waals surface area contributed by atoms with E-state index in [2.05, 4.69) is 30.5 Å². The molecule has 1 atom stereocenters. The third-order valence-corrected chi connectivity index (χ3v) is 10.8. The Hall–Kier alpha value is -3.79. The van der Waals surface area contributed by atoms with E-state index in [-0.39, 0.29) is 18.2 Å². The predicted octanol–water partition coefficient (Wildman–Crippen LogP) is 7.47. The van der Waals surface area contributed by atoms with Gasteiger partial charge in [0.05, 0.1) is 31.3 Å². The quantitative estimate of drug-likeness (QED) is 0.0738. The van der Waals surface area contributed by atoms with Crippen molar-refractivity contribution >= 4 is 52.6 Å². The number of fused-ring (bicyclic) bond motifs is 1. The molecule has 17 heteroatoms. The fraction of sp³-hybridized carbons (Fsp3) is 0.500. The Labute approximate surface area is 311 Å². The standard InChI is InChI=1S/C36H47F2N6O7PS/c1-34(2,3)36(35(4,5)6,51-52(46,47)48)30-10-8-13-44(30)14-9-15-50-29-19-26-24(18-28(29)49-7)32(41-21-40-26)43-33-39-20-23(53-33)17-31(45)42-27-16-22(37)11-12-25(27)38/h11-12,16,18-21,30H,8-10,13-15,17H2,1-7H3,(H,42,45)(H2,46,47,48)(H,39,40,41,43)/t30-/m1/s1. The summed E-state index contributed by atoms with van der Waals surface area (Å²) in [4.78, 5) is 48.6. The molecule has 0 unspecified atom stereocenters. The van der Waals surface area contributed by atoms with E-state index in [1.165, 1.54) is 31.0 Å². The van der Waals surface area contributed by atoms with Crippen LogP contribution in [0, 0.1) is 22.5 Å². The minimum absolute atomic E-state index is 0.0953. The highest BCUT2D eigenvalue weighted by Gasteiger charge is 2.61. The summed E-state index contributed by atoms with van der Waals surface area (Å²) in [5, 5.41) is 6.64. The molecule has 4 aromatic rings. The van der Waals surface area contributed by atoms with Gasteiger partial charge in [-0.05, 0) is 54.8 Å². The van der Waals surface area contributed by atoms with Crippen molar-refractivity contribution in [1.29, 1.82) is 0 Å². The fourth-order valence-electron chi connectivity index (χ4n) is 7.58. The van der Waals surface area contributed by atoms with E-state index < -0.39 is 41.8 Å². The van der Waals surface area contributed by atoms with E-state index in [4.69, 9.17) is 14.0 Å². The van der Waals surface area contributed by atoms with E-state index in [0.29, 0.717) is 57.8 Å².